The highest BCUT2D eigenvalue weighted by Crippen LogP contribution is 2.29. The van der Waals surface area contributed by atoms with Gasteiger partial charge in [-0.1, -0.05) is 25.4 Å². The van der Waals surface area contributed by atoms with Gasteiger partial charge >= 0.3 is 0 Å². The lowest BCUT2D eigenvalue weighted by Gasteiger charge is -2.18. The molecular formula is C18H22ClN5O. The van der Waals surface area contributed by atoms with Crippen molar-refractivity contribution in [2.24, 2.45) is 0 Å². The van der Waals surface area contributed by atoms with E-state index in [9.17, 15) is 0 Å². The van der Waals surface area contributed by atoms with Crippen LogP contribution in [0.5, 0.6) is 5.75 Å². The number of benzene rings is 1. The first-order chi connectivity index (χ1) is 12.1. The van der Waals surface area contributed by atoms with Crippen molar-refractivity contribution in [1.29, 1.82) is 0 Å². The van der Waals surface area contributed by atoms with Gasteiger partial charge in [0.2, 0.25) is 0 Å². The lowest BCUT2D eigenvalue weighted by Crippen LogP contribution is -2.19. The smallest absolute Gasteiger partial charge is 0.159 e. The second-order valence-corrected chi connectivity index (χ2v) is 6.16. The van der Waals surface area contributed by atoms with Crippen LogP contribution in [-0.2, 0) is 0 Å². The first-order valence-corrected chi connectivity index (χ1v) is 8.74. The van der Waals surface area contributed by atoms with Gasteiger partial charge in [0.15, 0.2) is 5.65 Å². The number of rotatable bonds is 7. The molecule has 25 heavy (non-hydrogen) atoms. The van der Waals surface area contributed by atoms with Crippen molar-refractivity contribution in [3.05, 3.63) is 41.6 Å². The Hall–Kier alpha value is -2.47. The molecule has 2 aromatic heterocycles. The van der Waals surface area contributed by atoms with E-state index in [4.69, 9.17) is 16.3 Å². The van der Waals surface area contributed by atoms with Crippen LogP contribution in [0.4, 0.5) is 17.3 Å². The van der Waals surface area contributed by atoms with Crippen LogP contribution in [0.25, 0.3) is 5.65 Å². The van der Waals surface area contributed by atoms with Gasteiger partial charge in [-0.3, -0.25) is 0 Å². The lowest BCUT2D eigenvalue weighted by molar-refractivity contribution is 0.415. The highest BCUT2D eigenvalue weighted by atomic mass is 35.5. The normalized spacial score (nSPS) is 11.1. The number of hydrogen-bond acceptors (Lipinski definition) is 5. The van der Waals surface area contributed by atoms with E-state index in [1.165, 1.54) is 0 Å². The van der Waals surface area contributed by atoms with E-state index in [-0.39, 0.29) is 0 Å². The Bertz CT molecular complexity index is 860. The third-order valence-corrected chi connectivity index (χ3v) is 4.45. The molecule has 1 aromatic carbocycles. The maximum Gasteiger partial charge on any atom is 0.159 e. The summed E-state index contributed by atoms with van der Waals surface area (Å²) in [6.07, 6.45) is 3.81. The fourth-order valence-electron chi connectivity index (χ4n) is 2.64. The zero-order valence-corrected chi connectivity index (χ0v) is 15.3. The summed E-state index contributed by atoms with van der Waals surface area (Å²) in [6, 6.07) is 9.70. The number of halogens is 1. The molecule has 3 aromatic rings. The Morgan fingerprint density at radius 2 is 2.00 bits per heavy atom. The predicted molar refractivity (Wildman–Crippen MR) is 102 cm³/mol. The maximum absolute atomic E-state index is 6.32. The van der Waals surface area contributed by atoms with Gasteiger partial charge in [0.1, 0.15) is 17.4 Å². The third-order valence-electron chi connectivity index (χ3n) is 4.14. The van der Waals surface area contributed by atoms with E-state index in [0.29, 0.717) is 22.6 Å². The zero-order chi connectivity index (χ0) is 17.8. The molecule has 0 aliphatic carbocycles. The van der Waals surface area contributed by atoms with Crippen LogP contribution in [0.1, 0.15) is 26.7 Å². The Morgan fingerprint density at radius 1 is 1.20 bits per heavy atom. The van der Waals surface area contributed by atoms with Crippen LogP contribution in [0.2, 0.25) is 5.02 Å². The van der Waals surface area contributed by atoms with Crippen LogP contribution < -0.4 is 15.4 Å². The first kappa shape index (κ1) is 17.4. The fraction of sp³-hybridized carbons (Fsp3) is 0.333. The second kappa shape index (κ2) is 7.61. The summed E-state index contributed by atoms with van der Waals surface area (Å²) in [4.78, 5) is 4.59. The molecule has 0 spiro atoms. The lowest BCUT2D eigenvalue weighted by atomic mass is 10.2. The standard InChI is InChI=1S/C18H22ClN5O/c1-4-12(5-2)21-18-11-16(23-17-8-9-20-24(17)18)22-15-7-6-13(25-3)10-14(15)19/h6-12,21H,4-5H2,1-3H3,(H,22,23). The number of nitrogens with one attached hydrogen (secondary N) is 2. The zero-order valence-electron chi connectivity index (χ0n) is 14.6. The van der Waals surface area contributed by atoms with Crippen LogP contribution in [0, 0.1) is 0 Å². The molecule has 0 saturated carbocycles. The molecular weight excluding hydrogens is 338 g/mol. The molecule has 0 aliphatic heterocycles. The molecule has 0 saturated heterocycles. The SMILES string of the molecule is CCC(CC)Nc1cc(Nc2ccc(OC)cc2Cl)nc2ccnn12. The van der Waals surface area contributed by atoms with Gasteiger partial charge in [-0.05, 0) is 25.0 Å². The quantitative estimate of drug-likeness (QED) is 0.638. The Labute approximate surface area is 152 Å². The summed E-state index contributed by atoms with van der Waals surface area (Å²) in [5, 5.41) is 11.7. The van der Waals surface area contributed by atoms with Crippen molar-refractivity contribution in [2.75, 3.05) is 17.7 Å². The van der Waals surface area contributed by atoms with Crippen LogP contribution in [0.15, 0.2) is 36.5 Å². The van der Waals surface area contributed by atoms with E-state index >= 15 is 0 Å². The van der Waals surface area contributed by atoms with E-state index in [1.807, 2.05) is 24.3 Å². The van der Waals surface area contributed by atoms with E-state index in [2.05, 4.69) is 34.6 Å². The number of aromatic nitrogens is 3. The summed E-state index contributed by atoms with van der Waals surface area (Å²) in [7, 11) is 1.61. The van der Waals surface area contributed by atoms with Gasteiger partial charge < -0.3 is 15.4 Å². The molecule has 132 valence electrons. The van der Waals surface area contributed by atoms with E-state index < -0.39 is 0 Å². The molecule has 0 atom stereocenters. The molecule has 3 rings (SSSR count). The second-order valence-electron chi connectivity index (χ2n) is 5.76. The highest BCUT2D eigenvalue weighted by Gasteiger charge is 2.11. The molecule has 2 N–H and O–H groups in total. The van der Waals surface area contributed by atoms with Gasteiger partial charge in [-0.15, -0.1) is 0 Å². The number of anilines is 3. The summed E-state index contributed by atoms with van der Waals surface area (Å²) in [5.41, 5.74) is 1.54. The van der Waals surface area contributed by atoms with Crippen molar-refractivity contribution in [1.82, 2.24) is 14.6 Å². The molecule has 0 aliphatic rings. The van der Waals surface area contributed by atoms with E-state index in [0.717, 1.165) is 30.0 Å². The first-order valence-electron chi connectivity index (χ1n) is 8.36. The van der Waals surface area contributed by atoms with E-state index in [1.54, 1.807) is 23.9 Å². The molecule has 0 unspecified atom stereocenters. The summed E-state index contributed by atoms with van der Waals surface area (Å²) < 4.78 is 6.99. The molecule has 0 fully saturated rings. The Balaban J connectivity index is 1.94. The summed E-state index contributed by atoms with van der Waals surface area (Å²) >= 11 is 6.32. The molecule has 0 bridgehead atoms. The minimum atomic E-state index is 0.382. The summed E-state index contributed by atoms with van der Waals surface area (Å²) in [6.45, 7) is 4.33. The number of hydrogen-bond donors (Lipinski definition) is 2. The molecule has 0 amide bonds. The summed E-state index contributed by atoms with van der Waals surface area (Å²) in [5.74, 6) is 2.31. The predicted octanol–water partition coefficient (Wildman–Crippen LogP) is 4.74. The van der Waals surface area contributed by atoms with Crippen LogP contribution >= 0.6 is 11.6 Å². The topological polar surface area (TPSA) is 63.5 Å². The average molecular weight is 360 g/mol. The maximum atomic E-state index is 6.32. The Kier molecular flexibility index (Phi) is 5.28. The van der Waals surface area contributed by atoms with Crippen molar-refractivity contribution in [2.45, 2.75) is 32.7 Å². The number of nitrogens with zero attached hydrogens (tertiary/aromatic N) is 3. The monoisotopic (exact) mass is 359 g/mol. The van der Waals surface area contributed by atoms with Crippen molar-refractivity contribution in [3.63, 3.8) is 0 Å². The van der Waals surface area contributed by atoms with Crippen LogP contribution in [0.3, 0.4) is 0 Å². The number of ether oxygens (including phenoxy) is 1. The highest BCUT2D eigenvalue weighted by molar-refractivity contribution is 6.33. The molecule has 6 nitrogen and oxygen atoms in total. The molecule has 7 heteroatoms. The van der Waals surface area contributed by atoms with Crippen molar-refractivity contribution in [3.8, 4) is 5.75 Å². The average Bonchev–Trinajstić information content (AvgIpc) is 3.10. The molecule has 2 heterocycles. The van der Waals surface area contributed by atoms with Gasteiger partial charge in [-0.25, -0.2) is 4.98 Å². The van der Waals surface area contributed by atoms with Gasteiger partial charge in [0.05, 0.1) is 24.0 Å². The minimum absolute atomic E-state index is 0.382. The number of methoxy groups -OCH3 is 1. The minimum Gasteiger partial charge on any atom is -0.497 e. The van der Waals surface area contributed by atoms with Gasteiger partial charge in [-0.2, -0.15) is 9.61 Å². The third kappa shape index (κ3) is 3.79. The number of fused-ring (bicyclic) bond motifs is 1. The van der Waals surface area contributed by atoms with Crippen molar-refractivity contribution >= 4 is 34.6 Å². The Morgan fingerprint density at radius 3 is 2.68 bits per heavy atom. The van der Waals surface area contributed by atoms with Crippen molar-refractivity contribution < 1.29 is 4.74 Å². The molecule has 0 radical (unpaired) electrons. The van der Waals surface area contributed by atoms with Gasteiger partial charge in [0, 0.05) is 24.2 Å². The van der Waals surface area contributed by atoms with Gasteiger partial charge in [0.25, 0.3) is 0 Å². The largest absolute Gasteiger partial charge is 0.497 e. The fourth-order valence-corrected chi connectivity index (χ4v) is 2.86. The van der Waals surface area contributed by atoms with Crippen LogP contribution in [-0.4, -0.2) is 27.7 Å².